The average Bonchev–Trinajstić information content (AvgIpc) is 3.08. The smallest absolute Gasteiger partial charge is 0.169 e. The van der Waals surface area contributed by atoms with Gasteiger partial charge in [-0.1, -0.05) is 23.5 Å². The summed E-state index contributed by atoms with van der Waals surface area (Å²) in [4.78, 5) is 13.4. The summed E-state index contributed by atoms with van der Waals surface area (Å²) in [5.41, 5.74) is 1.87. The van der Waals surface area contributed by atoms with Crippen molar-refractivity contribution in [1.29, 1.82) is 5.26 Å². The zero-order valence-electron chi connectivity index (χ0n) is 12.7. The van der Waals surface area contributed by atoms with E-state index in [1.807, 2.05) is 6.07 Å². The molecule has 1 N–H and O–H groups in total. The van der Waals surface area contributed by atoms with Gasteiger partial charge in [-0.05, 0) is 30.3 Å². The molecule has 2 heterocycles. The second kappa shape index (κ2) is 6.19. The number of fused-ring (bicyclic) bond motifs is 1. The largest absolute Gasteiger partial charge is 0.504 e. The number of thiazole rings is 1. The van der Waals surface area contributed by atoms with Gasteiger partial charge in [-0.15, -0.1) is 0 Å². The SMILES string of the molecule is N#Cc1cc(-c2nc3cncnc3s2)ccc1Oc1ccccc1O. The van der Waals surface area contributed by atoms with Gasteiger partial charge in [-0.25, -0.2) is 15.0 Å². The van der Waals surface area contributed by atoms with Crippen molar-refractivity contribution in [2.24, 2.45) is 0 Å². The van der Waals surface area contributed by atoms with Crippen LogP contribution in [0.3, 0.4) is 0 Å². The number of phenols is 1. The van der Waals surface area contributed by atoms with E-state index in [0.717, 1.165) is 20.9 Å². The third-order valence-electron chi connectivity index (χ3n) is 3.51. The lowest BCUT2D eigenvalue weighted by Gasteiger charge is -2.09. The second-order valence-electron chi connectivity index (χ2n) is 5.12. The lowest BCUT2D eigenvalue weighted by Crippen LogP contribution is -1.89. The minimum absolute atomic E-state index is 0.0141. The van der Waals surface area contributed by atoms with Crippen LogP contribution in [0.1, 0.15) is 5.56 Å². The molecule has 6 nitrogen and oxygen atoms in total. The molecule has 0 radical (unpaired) electrons. The number of hydrogen-bond donors (Lipinski definition) is 1. The second-order valence-corrected chi connectivity index (χ2v) is 6.10. The molecule has 0 aliphatic rings. The van der Waals surface area contributed by atoms with E-state index in [1.165, 1.54) is 23.7 Å². The molecule has 25 heavy (non-hydrogen) atoms. The molecule has 0 aliphatic carbocycles. The summed E-state index contributed by atoms with van der Waals surface area (Å²) in [5.74, 6) is 0.677. The van der Waals surface area contributed by atoms with Gasteiger partial charge in [0.2, 0.25) is 0 Å². The van der Waals surface area contributed by atoms with Crippen LogP contribution in [0.5, 0.6) is 17.2 Å². The van der Waals surface area contributed by atoms with Crippen molar-refractivity contribution in [2.45, 2.75) is 0 Å². The molecule has 0 spiro atoms. The Kier molecular flexibility index (Phi) is 3.72. The topological polar surface area (TPSA) is 91.9 Å². The molecular weight excluding hydrogens is 336 g/mol. The number of aromatic hydroxyl groups is 1. The first-order valence-electron chi connectivity index (χ1n) is 7.31. The first kappa shape index (κ1) is 15.1. The van der Waals surface area contributed by atoms with E-state index in [1.54, 1.807) is 36.5 Å². The van der Waals surface area contributed by atoms with E-state index in [-0.39, 0.29) is 5.75 Å². The maximum absolute atomic E-state index is 9.82. The molecule has 7 heteroatoms. The number of benzene rings is 2. The lowest BCUT2D eigenvalue weighted by atomic mass is 10.1. The molecule has 4 aromatic rings. The summed E-state index contributed by atoms with van der Waals surface area (Å²) in [6, 6.07) is 14.0. The normalized spacial score (nSPS) is 10.5. The van der Waals surface area contributed by atoms with Gasteiger partial charge in [-0.3, -0.25) is 0 Å². The summed E-state index contributed by atoms with van der Waals surface area (Å²) in [5, 5.41) is 20.0. The Labute approximate surface area is 146 Å². The van der Waals surface area contributed by atoms with Crippen molar-refractivity contribution in [3.05, 3.63) is 60.6 Å². The van der Waals surface area contributed by atoms with E-state index in [9.17, 15) is 10.4 Å². The highest BCUT2D eigenvalue weighted by atomic mass is 32.1. The lowest BCUT2D eigenvalue weighted by molar-refractivity contribution is 0.411. The van der Waals surface area contributed by atoms with Gasteiger partial charge in [0.1, 0.15) is 33.5 Å². The molecule has 0 fully saturated rings. The average molecular weight is 346 g/mol. The molecule has 0 amide bonds. The predicted octanol–water partition coefficient (Wildman–Crippen LogP) is 4.12. The molecule has 0 saturated heterocycles. The molecule has 120 valence electrons. The van der Waals surface area contributed by atoms with Crippen molar-refractivity contribution >= 4 is 21.7 Å². The van der Waals surface area contributed by atoms with Crippen molar-refractivity contribution < 1.29 is 9.84 Å². The first-order chi connectivity index (χ1) is 12.2. The van der Waals surface area contributed by atoms with Gasteiger partial charge < -0.3 is 9.84 Å². The van der Waals surface area contributed by atoms with Crippen LogP contribution in [0.25, 0.3) is 20.9 Å². The van der Waals surface area contributed by atoms with Crippen LogP contribution < -0.4 is 4.74 Å². The third-order valence-corrected chi connectivity index (χ3v) is 4.53. The van der Waals surface area contributed by atoms with E-state index >= 15 is 0 Å². The highest BCUT2D eigenvalue weighted by Crippen LogP contribution is 2.35. The van der Waals surface area contributed by atoms with Gasteiger partial charge in [0.05, 0.1) is 11.8 Å². The summed E-state index contributed by atoms with van der Waals surface area (Å²) in [6.07, 6.45) is 3.14. The van der Waals surface area contributed by atoms with Crippen molar-refractivity contribution in [3.8, 4) is 33.9 Å². The monoisotopic (exact) mass is 346 g/mol. The number of phenolic OH excluding ortho intramolecular Hbond substituents is 1. The number of aromatic nitrogens is 3. The Morgan fingerprint density at radius 2 is 2.00 bits per heavy atom. The summed E-state index contributed by atoms with van der Waals surface area (Å²) in [7, 11) is 0. The quantitative estimate of drug-likeness (QED) is 0.600. The van der Waals surface area contributed by atoms with Gasteiger partial charge >= 0.3 is 0 Å². The van der Waals surface area contributed by atoms with Crippen LogP contribution >= 0.6 is 11.3 Å². The van der Waals surface area contributed by atoms with Crippen LogP contribution in [-0.2, 0) is 0 Å². The maximum Gasteiger partial charge on any atom is 0.169 e. The zero-order valence-corrected chi connectivity index (χ0v) is 13.6. The molecule has 0 atom stereocenters. The Hall–Kier alpha value is -3.50. The Balaban J connectivity index is 1.72. The fraction of sp³-hybridized carbons (Fsp3) is 0. The van der Waals surface area contributed by atoms with Crippen molar-refractivity contribution in [1.82, 2.24) is 15.0 Å². The predicted molar refractivity (Wildman–Crippen MR) is 93.5 cm³/mol. The number of nitrogens with zero attached hydrogens (tertiary/aromatic N) is 4. The molecule has 0 unspecified atom stereocenters. The summed E-state index contributed by atoms with van der Waals surface area (Å²) >= 11 is 1.43. The third kappa shape index (κ3) is 2.86. The number of nitriles is 1. The molecule has 0 aliphatic heterocycles. The number of ether oxygens (including phenoxy) is 1. The Morgan fingerprint density at radius 1 is 1.12 bits per heavy atom. The fourth-order valence-electron chi connectivity index (χ4n) is 2.31. The summed E-state index contributed by atoms with van der Waals surface area (Å²) < 4.78 is 5.67. The van der Waals surface area contributed by atoms with Gasteiger partial charge in [-0.2, -0.15) is 5.26 Å². The van der Waals surface area contributed by atoms with Crippen molar-refractivity contribution in [2.75, 3.05) is 0 Å². The molecule has 2 aromatic carbocycles. The molecule has 2 aromatic heterocycles. The molecule has 0 saturated carbocycles. The van der Waals surface area contributed by atoms with Gasteiger partial charge in [0.15, 0.2) is 11.5 Å². The molecule has 4 rings (SSSR count). The Morgan fingerprint density at radius 3 is 2.80 bits per heavy atom. The van der Waals surface area contributed by atoms with E-state index < -0.39 is 0 Å². The zero-order chi connectivity index (χ0) is 17.2. The van der Waals surface area contributed by atoms with Gasteiger partial charge in [0, 0.05) is 5.56 Å². The van der Waals surface area contributed by atoms with Crippen LogP contribution in [0.15, 0.2) is 55.0 Å². The summed E-state index contributed by atoms with van der Waals surface area (Å²) in [6.45, 7) is 0. The highest BCUT2D eigenvalue weighted by molar-refractivity contribution is 7.21. The molecular formula is C18H10N4O2S. The van der Waals surface area contributed by atoms with Crippen LogP contribution in [0, 0.1) is 11.3 Å². The minimum atomic E-state index is 0.0141. The maximum atomic E-state index is 9.82. The van der Waals surface area contributed by atoms with Crippen LogP contribution in [-0.4, -0.2) is 20.1 Å². The molecule has 0 bridgehead atoms. The van der Waals surface area contributed by atoms with E-state index in [0.29, 0.717) is 17.1 Å². The standard InChI is InChI=1S/C18H10N4O2S/c19-8-12-7-11(17-22-13-9-20-10-21-18(13)25-17)5-6-15(12)24-16-4-2-1-3-14(16)23/h1-7,9-10,23H. The number of hydrogen-bond acceptors (Lipinski definition) is 7. The van der Waals surface area contributed by atoms with Crippen LogP contribution in [0.4, 0.5) is 0 Å². The highest BCUT2D eigenvalue weighted by Gasteiger charge is 2.12. The van der Waals surface area contributed by atoms with Crippen molar-refractivity contribution in [3.63, 3.8) is 0 Å². The first-order valence-corrected chi connectivity index (χ1v) is 8.13. The number of rotatable bonds is 3. The van der Waals surface area contributed by atoms with Gasteiger partial charge in [0.25, 0.3) is 0 Å². The fourth-order valence-corrected chi connectivity index (χ4v) is 3.19. The Bertz CT molecular complexity index is 1080. The van der Waals surface area contributed by atoms with Crippen LogP contribution in [0.2, 0.25) is 0 Å². The number of para-hydroxylation sites is 2. The minimum Gasteiger partial charge on any atom is -0.504 e. The van der Waals surface area contributed by atoms with E-state index in [2.05, 4.69) is 21.0 Å². The van der Waals surface area contributed by atoms with E-state index in [4.69, 9.17) is 4.74 Å².